The standard InChI is InChI=1S/C23H29NO3S/c1-4-15(2)18-11-8-9-12-19(18)24-22(25)16(3)27-23(26)21-14-17-10-6-5-7-13-20(17)28-21/h8-9,11-12,14-16H,4-7,10,13H2,1-3H3,(H,24,25)/t15-,16-/m1/s1. The van der Waals surface area contributed by atoms with Crippen LogP contribution in [-0.4, -0.2) is 18.0 Å². The van der Waals surface area contributed by atoms with Crippen molar-refractivity contribution >= 4 is 28.9 Å². The number of thiophene rings is 1. The van der Waals surface area contributed by atoms with Gasteiger partial charge >= 0.3 is 5.97 Å². The monoisotopic (exact) mass is 399 g/mol. The lowest BCUT2D eigenvalue weighted by Gasteiger charge is -2.18. The highest BCUT2D eigenvalue weighted by Gasteiger charge is 2.23. The van der Waals surface area contributed by atoms with Crippen molar-refractivity contribution in [2.45, 2.75) is 71.3 Å². The fraction of sp³-hybridized carbons (Fsp3) is 0.478. The second-order valence-electron chi connectivity index (χ2n) is 7.55. The van der Waals surface area contributed by atoms with Crippen LogP contribution in [0.4, 0.5) is 5.69 Å². The lowest BCUT2D eigenvalue weighted by molar-refractivity contribution is -0.123. The highest BCUT2D eigenvalue weighted by molar-refractivity contribution is 7.14. The Balaban J connectivity index is 1.64. The van der Waals surface area contributed by atoms with Crippen LogP contribution in [0.25, 0.3) is 0 Å². The van der Waals surface area contributed by atoms with E-state index in [4.69, 9.17) is 4.74 Å². The molecule has 28 heavy (non-hydrogen) atoms. The lowest BCUT2D eigenvalue weighted by atomic mass is 9.97. The first-order valence-electron chi connectivity index (χ1n) is 10.2. The summed E-state index contributed by atoms with van der Waals surface area (Å²) in [6.45, 7) is 5.88. The van der Waals surface area contributed by atoms with E-state index in [0.717, 1.165) is 30.5 Å². The van der Waals surface area contributed by atoms with E-state index >= 15 is 0 Å². The first-order chi connectivity index (χ1) is 13.5. The zero-order valence-corrected chi connectivity index (χ0v) is 17.7. The van der Waals surface area contributed by atoms with Crippen molar-refractivity contribution in [3.63, 3.8) is 0 Å². The number of esters is 1. The minimum absolute atomic E-state index is 0.303. The van der Waals surface area contributed by atoms with Gasteiger partial charge in [0.25, 0.3) is 5.91 Å². The number of ether oxygens (including phenoxy) is 1. The number of anilines is 1. The summed E-state index contributed by atoms with van der Waals surface area (Å²) in [4.78, 5) is 27.0. The van der Waals surface area contributed by atoms with Gasteiger partial charge in [0.1, 0.15) is 4.88 Å². The Morgan fingerprint density at radius 2 is 1.89 bits per heavy atom. The van der Waals surface area contributed by atoms with Crippen molar-refractivity contribution in [2.75, 3.05) is 5.32 Å². The maximum absolute atomic E-state index is 12.6. The molecule has 0 saturated heterocycles. The van der Waals surface area contributed by atoms with Crippen LogP contribution < -0.4 is 5.32 Å². The Labute approximate surface area is 171 Å². The SMILES string of the molecule is CC[C@@H](C)c1ccccc1NC(=O)[C@@H](C)OC(=O)c1cc2c(s1)CCCCC2. The number of rotatable bonds is 6. The summed E-state index contributed by atoms with van der Waals surface area (Å²) in [6.07, 6.45) is 5.80. The van der Waals surface area contributed by atoms with Crippen LogP contribution in [0.3, 0.4) is 0 Å². The molecule has 0 fully saturated rings. The van der Waals surface area contributed by atoms with Gasteiger partial charge in [0, 0.05) is 10.6 Å². The van der Waals surface area contributed by atoms with E-state index in [0.29, 0.717) is 10.8 Å². The van der Waals surface area contributed by atoms with Crippen molar-refractivity contribution in [2.24, 2.45) is 0 Å². The third kappa shape index (κ3) is 4.82. The van der Waals surface area contributed by atoms with Crippen LogP contribution in [-0.2, 0) is 22.4 Å². The smallest absolute Gasteiger partial charge is 0.349 e. The largest absolute Gasteiger partial charge is 0.448 e. The number of carbonyl (C=O) groups excluding carboxylic acids is 2. The number of amides is 1. The van der Waals surface area contributed by atoms with Crippen LogP contribution in [0, 0.1) is 0 Å². The van der Waals surface area contributed by atoms with Gasteiger partial charge in [-0.1, -0.05) is 38.5 Å². The van der Waals surface area contributed by atoms with Gasteiger partial charge in [-0.05, 0) is 68.2 Å². The van der Waals surface area contributed by atoms with Crippen LogP contribution in [0.1, 0.15) is 78.0 Å². The predicted octanol–water partition coefficient (Wildman–Crippen LogP) is 5.71. The first kappa shape index (κ1) is 20.6. The maximum atomic E-state index is 12.6. The molecule has 1 amide bonds. The fourth-order valence-electron chi connectivity index (χ4n) is 3.54. The third-order valence-electron chi connectivity index (χ3n) is 5.46. The molecule has 1 heterocycles. The summed E-state index contributed by atoms with van der Waals surface area (Å²) in [5, 5.41) is 2.93. The molecular weight excluding hydrogens is 370 g/mol. The van der Waals surface area contributed by atoms with Crippen molar-refractivity contribution in [3.8, 4) is 0 Å². The molecule has 5 heteroatoms. The van der Waals surface area contributed by atoms with Gasteiger partial charge in [0.15, 0.2) is 6.10 Å². The Hall–Kier alpha value is -2.14. The van der Waals surface area contributed by atoms with Crippen molar-refractivity contribution < 1.29 is 14.3 Å². The highest BCUT2D eigenvalue weighted by Crippen LogP contribution is 2.30. The van der Waals surface area contributed by atoms with E-state index < -0.39 is 12.1 Å². The van der Waals surface area contributed by atoms with Crippen molar-refractivity contribution in [3.05, 3.63) is 51.2 Å². The molecule has 0 saturated carbocycles. The predicted molar refractivity (Wildman–Crippen MR) is 114 cm³/mol. The van der Waals surface area contributed by atoms with Gasteiger partial charge in [-0.15, -0.1) is 11.3 Å². The van der Waals surface area contributed by atoms with Crippen LogP contribution in [0.5, 0.6) is 0 Å². The van der Waals surface area contributed by atoms with Gasteiger partial charge in [0.05, 0.1) is 0 Å². The van der Waals surface area contributed by atoms with Gasteiger partial charge in [-0.2, -0.15) is 0 Å². The van der Waals surface area contributed by atoms with Crippen LogP contribution in [0.2, 0.25) is 0 Å². The normalized spacial score (nSPS) is 15.8. The molecule has 150 valence electrons. The van der Waals surface area contributed by atoms with Crippen molar-refractivity contribution in [1.29, 1.82) is 0 Å². The molecule has 1 aliphatic carbocycles. The van der Waals surface area contributed by atoms with E-state index in [1.54, 1.807) is 6.92 Å². The van der Waals surface area contributed by atoms with Gasteiger partial charge in [-0.25, -0.2) is 4.79 Å². The summed E-state index contributed by atoms with van der Waals surface area (Å²) in [5.74, 6) is -0.367. The minimum Gasteiger partial charge on any atom is -0.448 e. The summed E-state index contributed by atoms with van der Waals surface area (Å²) in [5.41, 5.74) is 3.15. The molecule has 0 aliphatic heterocycles. The topological polar surface area (TPSA) is 55.4 Å². The van der Waals surface area contributed by atoms with E-state index in [9.17, 15) is 9.59 Å². The summed E-state index contributed by atoms with van der Waals surface area (Å²) >= 11 is 1.52. The molecule has 1 aromatic carbocycles. The fourth-order valence-corrected chi connectivity index (χ4v) is 4.67. The molecule has 2 atom stereocenters. The molecule has 0 radical (unpaired) electrons. The highest BCUT2D eigenvalue weighted by atomic mass is 32.1. The number of hydrogen-bond donors (Lipinski definition) is 1. The number of benzene rings is 1. The average Bonchev–Trinajstić information content (AvgIpc) is 2.98. The van der Waals surface area contributed by atoms with Gasteiger partial charge in [0.2, 0.25) is 0 Å². The summed E-state index contributed by atoms with van der Waals surface area (Å²) in [7, 11) is 0. The van der Waals surface area contributed by atoms with E-state index in [1.807, 2.05) is 30.3 Å². The number of hydrogen-bond acceptors (Lipinski definition) is 4. The first-order valence-corrected chi connectivity index (χ1v) is 11.0. The Morgan fingerprint density at radius 3 is 2.68 bits per heavy atom. The molecular formula is C23H29NO3S. The van der Waals surface area contributed by atoms with E-state index in [1.165, 1.54) is 41.0 Å². The number of aryl methyl sites for hydroxylation is 2. The van der Waals surface area contributed by atoms with Crippen molar-refractivity contribution in [1.82, 2.24) is 0 Å². The zero-order chi connectivity index (χ0) is 20.1. The average molecular weight is 400 g/mol. The number of nitrogens with one attached hydrogen (secondary N) is 1. The van der Waals surface area contributed by atoms with Crippen LogP contribution >= 0.6 is 11.3 Å². The molecule has 0 unspecified atom stereocenters. The molecule has 3 rings (SSSR count). The Morgan fingerprint density at radius 1 is 1.14 bits per heavy atom. The minimum atomic E-state index is -0.848. The maximum Gasteiger partial charge on any atom is 0.349 e. The molecule has 2 aromatic rings. The second kappa shape index (κ2) is 9.37. The summed E-state index contributed by atoms with van der Waals surface area (Å²) in [6, 6.07) is 9.75. The number of carbonyl (C=O) groups is 2. The molecule has 1 N–H and O–H groups in total. The van der Waals surface area contributed by atoms with Crippen LogP contribution in [0.15, 0.2) is 30.3 Å². The van der Waals surface area contributed by atoms with Gasteiger partial charge < -0.3 is 10.1 Å². The quantitative estimate of drug-likeness (QED) is 0.500. The molecule has 0 bridgehead atoms. The Kier molecular flexibility index (Phi) is 6.89. The summed E-state index contributed by atoms with van der Waals surface area (Å²) < 4.78 is 5.47. The molecule has 1 aromatic heterocycles. The van der Waals surface area contributed by atoms with Gasteiger partial charge in [-0.3, -0.25) is 4.79 Å². The Bertz CT molecular complexity index is 819. The van der Waals surface area contributed by atoms with E-state index in [-0.39, 0.29) is 5.91 Å². The molecule has 4 nitrogen and oxygen atoms in total. The molecule has 0 spiro atoms. The zero-order valence-electron chi connectivity index (χ0n) is 16.9. The second-order valence-corrected chi connectivity index (χ2v) is 8.69. The van der Waals surface area contributed by atoms with E-state index in [2.05, 4.69) is 19.2 Å². The molecule has 1 aliphatic rings. The number of fused-ring (bicyclic) bond motifs is 1. The lowest BCUT2D eigenvalue weighted by Crippen LogP contribution is -2.30. The third-order valence-corrected chi connectivity index (χ3v) is 6.68. The number of para-hydroxylation sites is 1.